The number of aromatic nitrogens is 5. The first-order valence-corrected chi connectivity index (χ1v) is 13.0. The molecule has 0 radical (unpaired) electrons. The number of pyridine rings is 1. The first-order valence-electron chi connectivity index (χ1n) is 12.7. The fraction of sp³-hybridized carbons (Fsp3) is 0.214. The second-order valence-corrected chi connectivity index (χ2v) is 10.5. The van der Waals surface area contributed by atoms with Crippen molar-refractivity contribution in [3.63, 3.8) is 0 Å². The number of hydrogen-bond acceptors (Lipinski definition) is 9. The maximum Gasteiger partial charge on any atom is 0.338 e. The minimum Gasteiger partial charge on any atom is -0.456 e. The number of nitrogens with zero attached hydrogens (tertiary/aromatic N) is 5. The predicted molar refractivity (Wildman–Crippen MR) is 153 cm³/mol. The van der Waals surface area contributed by atoms with Crippen molar-refractivity contribution in [3.8, 4) is 5.69 Å². The number of hydrogen-bond donors (Lipinski definition) is 3. The zero-order valence-corrected chi connectivity index (χ0v) is 23.6. The first kappa shape index (κ1) is 29.8. The molecule has 0 aliphatic heterocycles. The molecular weight excluding hydrogens is 564 g/mol. The molecule has 4 rings (SSSR count). The van der Waals surface area contributed by atoms with E-state index in [0.717, 1.165) is 0 Å². The summed E-state index contributed by atoms with van der Waals surface area (Å²) in [6, 6.07) is 12.9. The molecule has 0 unspecified atom stereocenters. The van der Waals surface area contributed by atoms with Gasteiger partial charge in [-0.15, -0.1) is 5.10 Å². The van der Waals surface area contributed by atoms with Crippen LogP contribution in [0.25, 0.3) is 5.69 Å². The van der Waals surface area contributed by atoms with Crippen LogP contribution >= 0.6 is 11.6 Å². The Morgan fingerprint density at radius 3 is 2.40 bits per heavy atom. The number of nitrogens with one attached hydrogen (secondary N) is 3. The van der Waals surface area contributed by atoms with E-state index in [0.29, 0.717) is 27.5 Å². The van der Waals surface area contributed by atoms with Crippen LogP contribution < -0.4 is 16.0 Å². The van der Waals surface area contributed by atoms with Gasteiger partial charge in [-0.25, -0.2) is 4.79 Å². The molecule has 13 nitrogen and oxygen atoms in total. The standard InChI is InChI=1S/C28H27ClN8O5/c1-28(2,3)42-27(41)18-6-9-20(10-7-18)32-24(38)22(13-17-5-4-12-30-15-17)34-26(40)25(39)33-21-14-19(29)8-11-23(21)37-16-31-35-36-37/h4-12,14-16,22H,13H2,1-3H3,(H,32,38)(H,33,39)(H,34,40)/t22-/m0/s1. The molecule has 0 fully saturated rings. The highest BCUT2D eigenvalue weighted by molar-refractivity contribution is 6.40. The smallest absolute Gasteiger partial charge is 0.338 e. The van der Waals surface area contributed by atoms with Gasteiger partial charge in [0.05, 0.1) is 16.9 Å². The van der Waals surface area contributed by atoms with Crippen molar-refractivity contribution in [1.82, 2.24) is 30.5 Å². The lowest BCUT2D eigenvalue weighted by Gasteiger charge is -2.20. The van der Waals surface area contributed by atoms with Gasteiger partial charge >= 0.3 is 17.8 Å². The fourth-order valence-corrected chi connectivity index (χ4v) is 3.87. The van der Waals surface area contributed by atoms with Gasteiger partial charge in [0, 0.05) is 29.5 Å². The lowest BCUT2D eigenvalue weighted by molar-refractivity contribution is -0.137. The number of carbonyl (C=O) groups is 4. The molecule has 2 aromatic heterocycles. The van der Waals surface area contributed by atoms with Crippen LogP contribution in [0.4, 0.5) is 11.4 Å². The molecule has 3 amide bonds. The number of halogens is 1. The minimum atomic E-state index is -1.16. The average Bonchev–Trinajstić information content (AvgIpc) is 3.47. The van der Waals surface area contributed by atoms with Gasteiger partial charge in [-0.2, -0.15) is 4.68 Å². The summed E-state index contributed by atoms with van der Waals surface area (Å²) >= 11 is 6.09. The normalized spacial score (nSPS) is 11.7. The van der Waals surface area contributed by atoms with Gasteiger partial charge in [0.25, 0.3) is 0 Å². The Kier molecular flexibility index (Phi) is 9.22. The Balaban J connectivity index is 1.48. The highest BCUT2D eigenvalue weighted by Crippen LogP contribution is 2.24. The summed E-state index contributed by atoms with van der Waals surface area (Å²) in [5, 5.41) is 18.9. The van der Waals surface area contributed by atoms with Crippen LogP contribution in [0.5, 0.6) is 0 Å². The van der Waals surface area contributed by atoms with Gasteiger partial charge in [-0.05, 0) is 85.3 Å². The van der Waals surface area contributed by atoms with Crippen LogP contribution in [0, 0.1) is 0 Å². The van der Waals surface area contributed by atoms with Crippen LogP contribution in [-0.2, 0) is 25.5 Å². The molecular formula is C28H27ClN8O5. The molecule has 4 aromatic rings. The number of tetrazole rings is 1. The molecule has 216 valence electrons. The summed E-state index contributed by atoms with van der Waals surface area (Å²) in [5.41, 5.74) is 1.21. The summed E-state index contributed by atoms with van der Waals surface area (Å²) in [4.78, 5) is 55.5. The van der Waals surface area contributed by atoms with Crippen LogP contribution in [0.1, 0.15) is 36.7 Å². The largest absolute Gasteiger partial charge is 0.456 e. The summed E-state index contributed by atoms with van der Waals surface area (Å²) in [5.74, 6) is -3.21. The molecule has 2 aromatic carbocycles. The van der Waals surface area contributed by atoms with Crippen LogP contribution in [0.2, 0.25) is 5.02 Å². The van der Waals surface area contributed by atoms with Crippen molar-refractivity contribution in [2.45, 2.75) is 38.8 Å². The van der Waals surface area contributed by atoms with E-state index in [4.69, 9.17) is 16.3 Å². The van der Waals surface area contributed by atoms with E-state index in [1.807, 2.05) is 0 Å². The molecule has 0 saturated carbocycles. The number of esters is 1. The van der Waals surface area contributed by atoms with Crippen LogP contribution in [0.3, 0.4) is 0 Å². The maximum atomic E-state index is 13.3. The van der Waals surface area contributed by atoms with Gasteiger partial charge in [0.2, 0.25) is 5.91 Å². The van der Waals surface area contributed by atoms with E-state index < -0.39 is 35.3 Å². The third kappa shape index (κ3) is 8.17. The van der Waals surface area contributed by atoms with Crippen molar-refractivity contribution >= 4 is 46.7 Å². The Hall–Kier alpha value is -5.17. The molecule has 0 aliphatic carbocycles. The molecule has 3 N–H and O–H groups in total. The van der Waals surface area contributed by atoms with Crippen molar-refractivity contribution in [2.24, 2.45) is 0 Å². The molecule has 1 atom stereocenters. The number of ether oxygens (including phenoxy) is 1. The lowest BCUT2D eigenvalue weighted by Crippen LogP contribution is -2.49. The third-order valence-electron chi connectivity index (χ3n) is 5.58. The number of anilines is 2. The third-order valence-corrected chi connectivity index (χ3v) is 5.82. The Labute approximate surface area is 245 Å². The average molecular weight is 591 g/mol. The number of rotatable bonds is 8. The minimum absolute atomic E-state index is 0.0434. The highest BCUT2D eigenvalue weighted by atomic mass is 35.5. The Morgan fingerprint density at radius 1 is 1.00 bits per heavy atom. The van der Waals surface area contributed by atoms with Crippen molar-refractivity contribution in [3.05, 3.63) is 89.5 Å². The van der Waals surface area contributed by atoms with Crippen molar-refractivity contribution < 1.29 is 23.9 Å². The molecule has 0 bridgehead atoms. The molecule has 2 heterocycles. The molecule has 0 spiro atoms. The van der Waals surface area contributed by atoms with Crippen molar-refractivity contribution in [1.29, 1.82) is 0 Å². The second kappa shape index (κ2) is 13.0. The van der Waals surface area contributed by atoms with Gasteiger partial charge in [-0.3, -0.25) is 19.4 Å². The maximum absolute atomic E-state index is 13.3. The van der Waals surface area contributed by atoms with E-state index >= 15 is 0 Å². The monoisotopic (exact) mass is 590 g/mol. The zero-order valence-electron chi connectivity index (χ0n) is 22.9. The Morgan fingerprint density at radius 2 is 1.76 bits per heavy atom. The number of amides is 3. The summed E-state index contributed by atoms with van der Waals surface area (Å²) in [6.45, 7) is 5.29. The highest BCUT2D eigenvalue weighted by Gasteiger charge is 2.26. The molecule has 14 heteroatoms. The van der Waals surface area contributed by atoms with E-state index in [9.17, 15) is 19.2 Å². The van der Waals surface area contributed by atoms with Gasteiger partial charge in [0.1, 0.15) is 18.0 Å². The quantitative estimate of drug-likeness (QED) is 0.206. The molecule has 0 saturated heterocycles. The van der Waals surface area contributed by atoms with Gasteiger partial charge < -0.3 is 20.7 Å². The van der Waals surface area contributed by atoms with Crippen molar-refractivity contribution in [2.75, 3.05) is 10.6 Å². The summed E-state index contributed by atoms with van der Waals surface area (Å²) < 4.78 is 6.65. The van der Waals surface area contributed by atoms with Crippen LogP contribution in [0.15, 0.2) is 73.3 Å². The summed E-state index contributed by atoms with van der Waals surface area (Å²) in [6.07, 6.45) is 4.48. The van der Waals surface area contributed by atoms with E-state index in [2.05, 4.69) is 36.5 Å². The van der Waals surface area contributed by atoms with Crippen LogP contribution in [-0.4, -0.2) is 60.5 Å². The van der Waals surface area contributed by atoms with Gasteiger partial charge in [0.15, 0.2) is 0 Å². The topological polar surface area (TPSA) is 170 Å². The lowest BCUT2D eigenvalue weighted by atomic mass is 10.1. The zero-order chi connectivity index (χ0) is 30.3. The van der Waals surface area contributed by atoms with E-state index in [-0.39, 0.29) is 12.1 Å². The van der Waals surface area contributed by atoms with Gasteiger partial charge in [-0.1, -0.05) is 17.7 Å². The van der Waals surface area contributed by atoms with E-state index in [1.165, 1.54) is 41.3 Å². The number of carbonyl (C=O) groups excluding carboxylic acids is 4. The predicted octanol–water partition coefficient (Wildman–Crippen LogP) is 2.97. The molecule has 42 heavy (non-hydrogen) atoms. The second-order valence-electron chi connectivity index (χ2n) is 10.0. The summed E-state index contributed by atoms with van der Waals surface area (Å²) in [7, 11) is 0. The Bertz CT molecular complexity index is 1570. The number of benzene rings is 2. The van der Waals surface area contributed by atoms with E-state index in [1.54, 1.807) is 57.4 Å². The first-order chi connectivity index (χ1) is 20.0. The SMILES string of the molecule is CC(C)(C)OC(=O)c1ccc(NC(=O)[C@H](Cc2cccnc2)NC(=O)C(=O)Nc2cc(Cl)ccc2-n2cnnn2)cc1. The molecule has 0 aliphatic rings. The fourth-order valence-electron chi connectivity index (χ4n) is 3.70.